The molecule has 38 heavy (non-hydrogen) atoms. The minimum Gasteiger partial charge on any atom is -0.494 e. The number of halogens is 3. The second-order valence-electron chi connectivity index (χ2n) is 10.0. The fourth-order valence-corrected chi connectivity index (χ4v) is 5.94. The van der Waals surface area contributed by atoms with Crippen molar-refractivity contribution in [3.05, 3.63) is 93.4 Å². The lowest BCUT2D eigenvalue weighted by molar-refractivity contribution is -0.138. The van der Waals surface area contributed by atoms with Gasteiger partial charge in [0.05, 0.1) is 24.7 Å². The first-order chi connectivity index (χ1) is 18.2. The molecule has 5 nitrogen and oxygen atoms in total. The van der Waals surface area contributed by atoms with Crippen molar-refractivity contribution in [2.45, 2.75) is 51.9 Å². The van der Waals surface area contributed by atoms with Gasteiger partial charge in [0.25, 0.3) is 0 Å². The zero-order chi connectivity index (χ0) is 27.0. The summed E-state index contributed by atoms with van der Waals surface area (Å²) in [7, 11) is 1.51. The van der Waals surface area contributed by atoms with Crippen molar-refractivity contribution < 1.29 is 17.9 Å². The average Bonchev–Trinajstić information content (AvgIpc) is 3.01. The second-order valence-corrected chi connectivity index (χ2v) is 10.0. The van der Waals surface area contributed by atoms with E-state index in [0.717, 1.165) is 38.4 Å². The topological polar surface area (TPSA) is 39.4 Å². The SMILES string of the molecule is COc1cccc2c1n(Cc1ccccc1C(F)(F)F)c(=O)n2C1CCCN(c2c(C)cccc2C)CC1. The van der Waals surface area contributed by atoms with Crippen LogP contribution in [-0.2, 0) is 12.7 Å². The van der Waals surface area contributed by atoms with Crippen molar-refractivity contribution in [3.8, 4) is 5.75 Å². The molecular weight excluding hydrogens is 491 g/mol. The lowest BCUT2D eigenvalue weighted by Crippen LogP contribution is -2.30. The highest BCUT2D eigenvalue weighted by atomic mass is 19.4. The zero-order valence-corrected chi connectivity index (χ0v) is 21.9. The first kappa shape index (κ1) is 25.9. The van der Waals surface area contributed by atoms with Crippen molar-refractivity contribution in [2.24, 2.45) is 0 Å². The van der Waals surface area contributed by atoms with E-state index >= 15 is 0 Å². The van der Waals surface area contributed by atoms with Crippen LogP contribution in [0.5, 0.6) is 5.75 Å². The molecule has 0 spiro atoms. The number of hydrogen-bond donors (Lipinski definition) is 0. The predicted molar refractivity (Wildman–Crippen MR) is 144 cm³/mol. The Morgan fingerprint density at radius 1 is 0.921 bits per heavy atom. The molecule has 4 aromatic rings. The molecule has 1 aliphatic rings. The minimum absolute atomic E-state index is 0.0501. The standard InChI is InChI=1S/C30H32F3N3O2/c1-20-9-6-10-21(2)27(20)34-17-8-12-23(16-18-34)36-25-14-7-15-26(38-3)28(25)35(29(36)37)19-22-11-4-5-13-24(22)30(31,32)33/h4-7,9-11,13-15,23H,8,12,16-19H2,1-3H3. The van der Waals surface area contributed by atoms with E-state index in [2.05, 4.69) is 36.9 Å². The summed E-state index contributed by atoms with van der Waals surface area (Å²) in [5.74, 6) is 0.466. The number of methoxy groups -OCH3 is 1. The lowest BCUT2D eigenvalue weighted by atomic mass is 10.1. The van der Waals surface area contributed by atoms with Gasteiger partial charge in [-0.1, -0.05) is 42.5 Å². The Morgan fingerprint density at radius 2 is 1.63 bits per heavy atom. The zero-order valence-electron chi connectivity index (χ0n) is 21.9. The minimum atomic E-state index is -4.51. The molecule has 1 aliphatic heterocycles. The van der Waals surface area contributed by atoms with Crippen LogP contribution in [0.15, 0.2) is 65.5 Å². The fourth-order valence-electron chi connectivity index (χ4n) is 5.94. The van der Waals surface area contributed by atoms with E-state index in [9.17, 15) is 18.0 Å². The molecule has 1 atom stereocenters. The molecule has 1 aromatic heterocycles. The van der Waals surface area contributed by atoms with Gasteiger partial charge in [-0.25, -0.2) is 4.79 Å². The van der Waals surface area contributed by atoms with Crippen LogP contribution in [0.2, 0.25) is 0 Å². The molecule has 8 heteroatoms. The smallest absolute Gasteiger partial charge is 0.416 e. The van der Waals surface area contributed by atoms with Gasteiger partial charge in [0.15, 0.2) is 0 Å². The fraction of sp³-hybridized carbons (Fsp3) is 0.367. The number of imidazole rings is 1. The molecular formula is C30H32F3N3O2. The highest BCUT2D eigenvalue weighted by Crippen LogP contribution is 2.35. The largest absolute Gasteiger partial charge is 0.494 e. The Morgan fingerprint density at radius 3 is 2.34 bits per heavy atom. The molecule has 3 aromatic carbocycles. The van der Waals surface area contributed by atoms with Gasteiger partial charge in [0.1, 0.15) is 11.3 Å². The quantitative estimate of drug-likeness (QED) is 0.291. The number of alkyl halides is 3. The van der Waals surface area contributed by atoms with Crippen LogP contribution < -0.4 is 15.3 Å². The number of anilines is 1. The molecule has 200 valence electrons. The summed E-state index contributed by atoms with van der Waals surface area (Å²) in [5, 5.41) is 0. The Balaban J connectivity index is 1.57. The van der Waals surface area contributed by atoms with Gasteiger partial charge in [-0.15, -0.1) is 0 Å². The van der Waals surface area contributed by atoms with E-state index in [1.54, 1.807) is 16.7 Å². The summed E-state index contributed by atoms with van der Waals surface area (Å²) >= 11 is 0. The van der Waals surface area contributed by atoms with Crippen LogP contribution in [0.3, 0.4) is 0 Å². The van der Waals surface area contributed by atoms with Crippen molar-refractivity contribution in [1.29, 1.82) is 0 Å². The van der Waals surface area contributed by atoms with Crippen molar-refractivity contribution in [2.75, 3.05) is 25.1 Å². The molecule has 1 fully saturated rings. The lowest BCUT2D eigenvalue weighted by Gasteiger charge is -2.26. The molecule has 0 amide bonds. The predicted octanol–water partition coefficient (Wildman–Crippen LogP) is 6.73. The number of aryl methyl sites for hydroxylation is 2. The molecule has 0 radical (unpaired) electrons. The van der Waals surface area contributed by atoms with E-state index in [4.69, 9.17) is 4.74 Å². The van der Waals surface area contributed by atoms with Gasteiger partial charge in [-0.2, -0.15) is 13.2 Å². The number of benzene rings is 3. The third kappa shape index (κ3) is 4.68. The molecule has 0 N–H and O–H groups in total. The van der Waals surface area contributed by atoms with Gasteiger partial charge in [0.2, 0.25) is 0 Å². The maximum absolute atomic E-state index is 14.0. The Bertz CT molecular complexity index is 1500. The summed E-state index contributed by atoms with van der Waals surface area (Å²) in [5.41, 5.74) is 3.91. The van der Waals surface area contributed by atoms with Crippen LogP contribution in [0.4, 0.5) is 18.9 Å². The maximum Gasteiger partial charge on any atom is 0.416 e. The third-order valence-electron chi connectivity index (χ3n) is 7.63. The normalized spacial score (nSPS) is 16.6. The highest BCUT2D eigenvalue weighted by molar-refractivity contribution is 5.83. The number of rotatable bonds is 5. The number of nitrogens with zero attached hydrogens (tertiary/aromatic N) is 3. The van der Waals surface area contributed by atoms with Crippen LogP contribution in [0.1, 0.15) is 47.6 Å². The van der Waals surface area contributed by atoms with Crippen molar-refractivity contribution in [3.63, 3.8) is 0 Å². The van der Waals surface area contributed by atoms with Crippen molar-refractivity contribution in [1.82, 2.24) is 9.13 Å². The Labute approximate surface area is 220 Å². The number of aromatic nitrogens is 2. The van der Waals surface area contributed by atoms with Crippen LogP contribution in [-0.4, -0.2) is 29.3 Å². The summed E-state index contributed by atoms with van der Waals surface area (Å²) in [6, 6.07) is 17.1. The summed E-state index contributed by atoms with van der Waals surface area (Å²) in [6.07, 6.45) is -2.06. The molecule has 1 unspecified atom stereocenters. The summed E-state index contributed by atoms with van der Waals surface area (Å²) in [4.78, 5) is 16.4. The van der Waals surface area contributed by atoms with Gasteiger partial charge in [0, 0.05) is 24.8 Å². The highest BCUT2D eigenvalue weighted by Gasteiger charge is 2.34. The van der Waals surface area contributed by atoms with E-state index in [1.807, 2.05) is 12.1 Å². The van der Waals surface area contributed by atoms with Gasteiger partial charge in [-0.05, 0) is 68.0 Å². The van der Waals surface area contributed by atoms with E-state index < -0.39 is 11.7 Å². The molecule has 2 heterocycles. The monoisotopic (exact) mass is 523 g/mol. The van der Waals surface area contributed by atoms with E-state index in [0.29, 0.717) is 16.8 Å². The molecule has 0 bridgehead atoms. The number of hydrogen-bond acceptors (Lipinski definition) is 3. The number of ether oxygens (including phenoxy) is 1. The Hall–Kier alpha value is -3.68. The molecule has 5 rings (SSSR count). The summed E-state index contributed by atoms with van der Waals surface area (Å²) in [6.45, 7) is 5.72. The third-order valence-corrected chi connectivity index (χ3v) is 7.63. The van der Waals surface area contributed by atoms with Crippen LogP contribution in [0, 0.1) is 13.8 Å². The molecule has 1 saturated heterocycles. The van der Waals surface area contributed by atoms with Gasteiger partial charge < -0.3 is 9.64 Å². The maximum atomic E-state index is 14.0. The van der Waals surface area contributed by atoms with E-state index in [-0.39, 0.29) is 23.8 Å². The number of para-hydroxylation sites is 2. The average molecular weight is 524 g/mol. The van der Waals surface area contributed by atoms with Crippen molar-refractivity contribution >= 4 is 16.7 Å². The first-order valence-electron chi connectivity index (χ1n) is 12.9. The second kappa shape index (κ2) is 10.2. The first-order valence-corrected chi connectivity index (χ1v) is 12.9. The summed E-state index contributed by atoms with van der Waals surface area (Å²) < 4.78 is 50.1. The molecule has 0 aliphatic carbocycles. The van der Waals surface area contributed by atoms with Crippen LogP contribution >= 0.6 is 0 Å². The van der Waals surface area contributed by atoms with Gasteiger partial charge >= 0.3 is 11.9 Å². The van der Waals surface area contributed by atoms with Crippen LogP contribution in [0.25, 0.3) is 11.0 Å². The van der Waals surface area contributed by atoms with E-state index in [1.165, 1.54) is 40.6 Å². The number of fused-ring (bicyclic) bond motifs is 1. The van der Waals surface area contributed by atoms with Gasteiger partial charge in [-0.3, -0.25) is 9.13 Å². The molecule has 0 saturated carbocycles. The Kier molecular flexibility index (Phi) is 6.99.